The minimum Gasteiger partial charge on any atom is -0.461 e. The van der Waals surface area contributed by atoms with E-state index in [9.17, 15) is 4.79 Å². The first-order valence-electron chi connectivity index (χ1n) is 6.88. The quantitative estimate of drug-likeness (QED) is 0.691. The van der Waals surface area contributed by atoms with E-state index < -0.39 is 0 Å². The van der Waals surface area contributed by atoms with Gasteiger partial charge >= 0.3 is 5.97 Å². The molecule has 1 aromatic heterocycles. The van der Waals surface area contributed by atoms with Gasteiger partial charge in [-0.2, -0.15) is 0 Å². The number of carbonyl (C=O) groups is 1. The van der Waals surface area contributed by atoms with E-state index in [4.69, 9.17) is 9.47 Å². The van der Waals surface area contributed by atoms with E-state index in [0.717, 1.165) is 23.1 Å². The molecule has 114 valence electrons. The molecule has 0 saturated carbocycles. The second-order valence-electron chi connectivity index (χ2n) is 4.95. The SMILES string of the molecule is CCOC(=O)c1nc(N(CCOC)CC(C)C)sc1C. The van der Waals surface area contributed by atoms with Crippen molar-refractivity contribution in [2.45, 2.75) is 27.7 Å². The molecule has 1 rings (SSSR count). The van der Waals surface area contributed by atoms with Crippen LogP contribution in [0.5, 0.6) is 0 Å². The van der Waals surface area contributed by atoms with Crippen LogP contribution in [-0.4, -0.2) is 44.4 Å². The standard InChI is InChI=1S/C14H24N2O3S/c1-6-19-13(17)12-11(4)20-14(15-12)16(7-8-18-5)9-10(2)3/h10H,6-9H2,1-5H3. The number of hydrogen-bond donors (Lipinski definition) is 0. The Morgan fingerprint density at radius 1 is 1.45 bits per heavy atom. The predicted octanol–water partition coefficient (Wildman–Crippen LogP) is 2.74. The normalized spacial score (nSPS) is 10.9. The molecule has 1 heterocycles. The molecule has 0 radical (unpaired) electrons. The molecule has 0 bridgehead atoms. The minimum absolute atomic E-state index is 0.344. The van der Waals surface area contributed by atoms with E-state index in [2.05, 4.69) is 23.7 Å². The smallest absolute Gasteiger partial charge is 0.358 e. The van der Waals surface area contributed by atoms with Gasteiger partial charge in [0.1, 0.15) is 0 Å². The molecule has 0 aliphatic carbocycles. The van der Waals surface area contributed by atoms with Gasteiger partial charge in [0.15, 0.2) is 10.8 Å². The van der Waals surface area contributed by atoms with Gasteiger partial charge in [-0.25, -0.2) is 9.78 Å². The number of aromatic nitrogens is 1. The number of carbonyl (C=O) groups excluding carboxylic acids is 1. The first-order valence-corrected chi connectivity index (χ1v) is 7.69. The van der Waals surface area contributed by atoms with Crippen molar-refractivity contribution >= 4 is 22.4 Å². The molecule has 0 unspecified atom stereocenters. The maximum Gasteiger partial charge on any atom is 0.358 e. The average molecular weight is 300 g/mol. The molecule has 0 spiro atoms. The molecule has 0 aromatic carbocycles. The monoisotopic (exact) mass is 300 g/mol. The van der Waals surface area contributed by atoms with E-state index in [1.165, 1.54) is 11.3 Å². The lowest BCUT2D eigenvalue weighted by Crippen LogP contribution is -2.30. The topological polar surface area (TPSA) is 51.7 Å². The summed E-state index contributed by atoms with van der Waals surface area (Å²) in [4.78, 5) is 19.3. The number of esters is 1. The van der Waals surface area contributed by atoms with E-state index in [0.29, 0.717) is 24.8 Å². The molecular weight excluding hydrogens is 276 g/mol. The number of thiazole rings is 1. The van der Waals surface area contributed by atoms with Crippen LogP contribution in [0.15, 0.2) is 0 Å². The van der Waals surface area contributed by atoms with Crippen molar-refractivity contribution in [3.63, 3.8) is 0 Å². The lowest BCUT2D eigenvalue weighted by atomic mass is 10.2. The third-order valence-electron chi connectivity index (χ3n) is 2.68. The van der Waals surface area contributed by atoms with Crippen molar-refractivity contribution in [2.75, 3.05) is 38.3 Å². The second-order valence-corrected chi connectivity index (χ2v) is 6.14. The summed E-state index contributed by atoms with van der Waals surface area (Å²) in [6.45, 7) is 10.7. The molecule has 0 aliphatic heterocycles. The summed E-state index contributed by atoms with van der Waals surface area (Å²) in [5.41, 5.74) is 0.429. The van der Waals surface area contributed by atoms with E-state index in [-0.39, 0.29) is 5.97 Å². The summed E-state index contributed by atoms with van der Waals surface area (Å²) in [5, 5.41) is 0.858. The Hall–Kier alpha value is -1.14. The maximum atomic E-state index is 11.8. The van der Waals surface area contributed by atoms with E-state index >= 15 is 0 Å². The van der Waals surface area contributed by atoms with Crippen LogP contribution in [0.4, 0.5) is 5.13 Å². The number of rotatable bonds is 8. The molecule has 1 aromatic rings. The van der Waals surface area contributed by atoms with Gasteiger partial charge in [-0.1, -0.05) is 13.8 Å². The lowest BCUT2D eigenvalue weighted by molar-refractivity contribution is 0.0519. The van der Waals surface area contributed by atoms with Crippen LogP contribution >= 0.6 is 11.3 Å². The number of aryl methyl sites for hydroxylation is 1. The summed E-state index contributed by atoms with van der Waals surface area (Å²) in [7, 11) is 1.69. The van der Waals surface area contributed by atoms with Gasteiger partial charge in [0, 0.05) is 25.1 Å². The fourth-order valence-electron chi connectivity index (χ4n) is 1.81. The highest BCUT2D eigenvalue weighted by Gasteiger charge is 2.20. The second kappa shape index (κ2) is 8.21. The number of methoxy groups -OCH3 is 1. The summed E-state index contributed by atoms with van der Waals surface area (Å²) in [6.07, 6.45) is 0. The van der Waals surface area contributed by atoms with Crippen LogP contribution in [0.25, 0.3) is 0 Å². The number of anilines is 1. The Bertz CT molecular complexity index is 432. The summed E-state index contributed by atoms with van der Waals surface area (Å²) < 4.78 is 10.2. The van der Waals surface area contributed by atoms with Crippen LogP contribution in [-0.2, 0) is 9.47 Å². The van der Waals surface area contributed by atoms with Crippen molar-refractivity contribution in [3.05, 3.63) is 10.6 Å². The van der Waals surface area contributed by atoms with Gasteiger partial charge in [0.2, 0.25) is 0 Å². The van der Waals surface area contributed by atoms with Gasteiger partial charge in [-0.15, -0.1) is 11.3 Å². The Morgan fingerprint density at radius 2 is 2.15 bits per heavy atom. The van der Waals surface area contributed by atoms with Gasteiger partial charge in [0.05, 0.1) is 13.2 Å². The fraction of sp³-hybridized carbons (Fsp3) is 0.714. The largest absolute Gasteiger partial charge is 0.461 e. The van der Waals surface area contributed by atoms with Crippen LogP contribution in [0.2, 0.25) is 0 Å². The highest BCUT2D eigenvalue weighted by atomic mass is 32.1. The number of nitrogens with zero attached hydrogens (tertiary/aromatic N) is 2. The number of hydrogen-bond acceptors (Lipinski definition) is 6. The Balaban J connectivity index is 2.90. The van der Waals surface area contributed by atoms with Crippen LogP contribution in [0.1, 0.15) is 36.1 Å². The van der Waals surface area contributed by atoms with Crippen molar-refractivity contribution in [1.82, 2.24) is 4.98 Å². The molecule has 0 atom stereocenters. The molecule has 0 amide bonds. The van der Waals surface area contributed by atoms with E-state index in [1.54, 1.807) is 14.0 Å². The maximum absolute atomic E-state index is 11.8. The fourth-order valence-corrected chi connectivity index (χ4v) is 2.75. The molecule has 0 aliphatic rings. The average Bonchev–Trinajstić information content (AvgIpc) is 2.76. The molecule has 20 heavy (non-hydrogen) atoms. The Labute approximate surface area is 124 Å². The zero-order valence-electron chi connectivity index (χ0n) is 12.9. The van der Waals surface area contributed by atoms with Gasteiger partial charge in [-0.3, -0.25) is 0 Å². The zero-order valence-corrected chi connectivity index (χ0v) is 13.7. The van der Waals surface area contributed by atoms with E-state index in [1.807, 2.05) is 6.92 Å². The van der Waals surface area contributed by atoms with Crippen LogP contribution < -0.4 is 4.90 Å². The van der Waals surface area contributed by atoms with Crippen molar-refractivity contribution < 1.29 is 14.3 Å². The number of ether oxygens (including phenoxy) is 2. The van der Waals surface area contributed by atoms with Gasteiger partial charge in [0.25, 0.3) is 0 Å². The van der Waals surface area contributed by atoms with Crippen LogP contribution in [0.3, 0.4) is 0 Å². The van der Waals surface area contributed by atoms with Gasteiger partial charge < -0.3 is 14.4 Å². The van der Waals surface area contributed by atoms with Crippen molar-refractivity contribution in [3.8, 4) is 0 Å². The molecule has 6 heteroatoms. The third-order valence-corrected chi connectivity index (χ3v) is 3.71. The predicted molar refractivity (Wildman–Crippen MR) is 81.7 cm³/mol. The van der Waals surface area contributed by atoms with Crippen molar-refractivity contribution in [2.24, 2.45) is 5.92 Å². The summed E-state index contributed by atoms with van der Waals surface area (Å²) >= 11 is 1.53. The molecule has 0 saturated heterocycles. The molecule has 0 fully saturated rings. The van der Waals surface area contributed by atoms with Crippen LogP contribution in [0, 0.1) is 12.8 Å². The highest BCUT2D eigenvalue weighted by molar-refractivity contribution is 7.15. The molecule has 5 nitrogen and oxygen atoms in total. The highest BCUT2D eigenvalue weighted by Crippen LogP contribution is 2.26. The summed E-state index contributed by atoms with van der Waals surface area (Å²) in [6, 6.07) is 0. The first kappa shape index (κ1) is 16.9. The Kier molecular flexibility index (Phi) is 6.95. The lowest BCUT2D eigenvalue weighted by Gasteiger charge is -2.23. The van der Waals surface area contributed by atoms with Crippen molar-refractivity contribution in [1.29, 1.82) is 0 Å². The molecule has 0 N–H and O–H groups in total. The van der Waals surface area contributed by atoms with Gasteiger partial charge in [-0.05, 0) is 19.8 Å². The zero-order chi connectivity index (χ0) is 15.1. The molecular formula is C14H24N2O3S. The minimum atomic E-state index is -0.344. The third kappa shape index (κ3) is 4.76. The summed E-state index contributed by atoms with van der Waals surface area (Å²) in [5.74, 6) is 0.172. The first-order chi connectivity index (χ1) is 9.49. The Morgan fingerprint density at radius 3 is 2.70 bits per heavy atom.